The van der Waals surface area contributed by atoms with E-state index < -0.39 is 15.5 Å². The second kappa shape index (κ2) is 8.24. The molecule has 25 heavy (non-hydrogen) atoms. The molecule has 142 valence electrons. The number of hydrogen-bond acceptors (Lipinski definition) is 4. The number of rotatable bonds is 5. The average molecular weight is 402 g/mol. The Kier molecular flexibility index (Phi) is 7.09. The molecule has 6 nitrogen and oxygen atoms in total. The number of hydrogen-bond donors (Lipinski definition) is 3. The number of carbonyl (C=O) groups is 1. The molecule has 1 amide bonds. The van der Waals surface area contributed by atoms with Crippen molar-refractivity contribution < 1.29 is 26.4 Å². The van der Waals surface area contributed by atoms with Crippen LogP contribution in [0.4, 0.5) is 18.9 Å². The molecule has 11 heteroatoms. The maximum Gasteiger partial charge on any atom is 0.516 e. The Balaban J connectivity index is 0.00000312. The Hall–Kier alpha value is -1.52. The highest BCUT2D eigenvalue weighted by molar-refractivity contribution is 7.93. The van der Waals surface area contributed by atoms with Gasteiger partial charge >= 0.3 is 15.5 Å². The minimum absolute atomic E-state index is 0. The van der Waals surface area contributed by atoms with Crippen molar-refractivity contribution in [3.63, 3.8) is 0 Å². The molecule has 1 aromatic rings. The Morgan fingerprint density at radius 1 is 1.36 bits per heavy atom. The average Bonchev–Trinajstić information content (AvgIpc) is 2.99. The summed E-state index contributed by atoms with van der Waals surface area (Å²) < 4.78 is 60.9. The smallest absolute Gasteiger partial charge is 0.350 e. The Morgan fingerprint density at radius 3 is 2.56 bits per heavy atom. The zero-order chi connectivity index (χ0) is 18.0. The van der Waals surface area contributed by atoms with Gasteiger partial charge < -0.3 is 10.6 Å². The highest BCUT2D eigenvalue weighted by Gasteiger charge is 2.46. The van der Waals surface area contributed by atoms with E-state index in [1.54, 1.807) is 0 Å². The second-order valence-corrected chi connectivity index (χ2v) is 7.26. The van der Waals surface area contributed by atoms with Crippen LogP contribution < -0.4 is 15.4 Å². The summed E-state index contributed by atoms with van der Waals surface area (Å²) in [6.45, 7) is 2.79. The van der Waals surface area contributed by atoms with E-state index in [1.807, 2.05) is 0 Å². The van der Waals surface area contributed by atoms with Crippen LogP contribution >= 0.6 is 12.4 Å². The summed E-state index contributed by atoms with van der Waals surface area (Å²) in [5.41, 5.74) is -5.15. The number of aryl methyl sites for hydroxylation is 1. The van der Waals surface area contributed by atoms with Crippen molar-refractivity contribution >= 4 is 34.0 Å². The van der Waals surface area contributed by atoms with Crippen molar-refractivity contribution in [3.05, 3.63) is 29.3 Å². The SMILES string of the molecule is Cc1cc(C(=O)NCC2CCCN2)ccc1NS(=O)(=O)C(F)(F)F.Cl. The number of alkyl halides is 3. The van der Waals surface area contributed by atoms with Crippen LogP contribution in [-0.4, -0.2) is 39.0 Å². The predicted octanol–water partition coefficient (Wildman–Crippen LogP) is 2.16. The number of halogens is 4. The molecule has 1 aliphatic rings. The van der Waals surface area contributed by atoms with Gasteiger partial charge in [-0.1, -0.05) is 0 Å². The van der Waals surface area contributed by atoms with E-state index in [1.165, 1.54) is 23.8 Å². The molecule has 1 atom stereocenters. The fourth-order valence-corrected chi connectivity index (χ4v) is 3.01. The fraction of sp³-hybridized carbons (Fsp3) is 0.500. The molecule has 2 rings (SSSR count). The molecular weight excluding hydrogens is 383 g/mol. The van der Waals surface area contributed by atoms with Gasteiger partial charge in [0.2, 0.25) is 0 Å². The lowest BCUT2D eigenvalue weighted by Gasteiger charge is -2.14. The van der Waals surface area contributed by atoms with E-state index in [4.69, 9.17) is 0 Å². The number of amides is 1. The lowest BCUT2D eigenvalue weighted by molar-refractivity contribution is -0.0429. The van der Waals surface area contributed by atoms with Gasteiger partial charge in [-0.3, -0.25) is 9.52 Å². The number of anilines is 1. The van der Waals surface area contributed by atoms with Crippen molar-refractivity contribution in [2.45, 2.75) is 31.3 Å². The van der Waals surface area contributed by atoms with Crippen molar-refractivity contribution in [2.24, 2.45) is 0 Å². The standard InChI is InChI=1S/C14H18F3N3O3S.ClH/c1-9-7-10(13(21)19-8-11-3-2-6-18-11)4-5-12(9)20-24(22,23)14(15,16)17;/h4-5,7,11,18,20H,2-3,6,8H2,1H3,(H,19,21);1H. The third-order valence-electron chi connectivity index (χ3n) is 3.71. The van der Waals surface area contributed by atoms with E-state index in [0.29, 0.717) is 6.54 Å². The van der Waals surface area contributed by atoms with Gasteiger partial charge in [-0.15, -0.1) is 12.4 Å². The van der Waals surface area contributed by atoms with E-state index in [0.717, 1.165) is 25.5 Å². The first kappa shape index (κ1) is 21.5. The van der Waals surface area contributed by atoms with Gasteiger partial charge in [0.1, 0.15) is 0 Å². The predicted molar refractivity (Wildman–Crippen MR) is 90.4 cm³/mol. The van der Waals surface area contributed by atoms with Crippen LogP contribution in [0.2, 0.25) is 0 Å². The van der Waals surface area contributed by atoms with Crippen molar-refractivity contribution in [1.29, 1.82) is 0 Å². The van der Waals surface area contributed by atoms with E-state index in [9.17, 15) is 26.4 Å². The Bertz CT molecular complexity index is 720. The molecule has 1 fully saturated rings. The maximum absolute atomic E-state index is 12.4. The summed E-state index contributed by atoms with van der Waals surface area (Å²) >= 11 is 0. The Labute approximate surface area is 150 Å². The first-order valence-corrected chi connectivity index (χ1v) is 8.80. The van der Waals surface area contributed by atoms with Gasteiger partial charge in [0.25, 0.3) is 5.91 Å². The zero-order valence-corrected chi connectivity index (χ0v) is 14.9. The summed E-state index contributed by atoms with van der Waals surface area (Å²) in [6.07, 6.45) is 2.02. The lowest BCUT2D eigenvalue weighted by atomic mass is 10.1. The van der Waals surface area contributed by atoms with E-state index in [2.05, 4.69) is 10.6 Å². The molecule has 0 aromatic heterocycles. The first-order valence-electron chi connectivity index (χ1n) is 7.31. The van der Waals surface area contributed by atoms with Crippen LogP contribution in [0.25, 0.3) is 0 Å². The normalized spacial score (nSPS) is 17.7. The molecule has 1 saturated heterocycles. The third-order valence-corrected chi connectivity index (χ3v) is 4.81. The summed E-state index contributed by atoms with van der Waals surface area (Å²) in [5.74, 6) is -0.364. The lowest BCUT2D eigenvalue weighted by Crippen LogP contribution is -2.37. The highest BCUT2D eigenvalue weighted by atomic mass is 35.5. The molecule has 0 radical (unpaired) electrons. The van der Waals surface area contributed by atoms with Gasteiger partial charge in [0.05, 0.1) is 5.69 Å². The maximum atomic E-state index is 12.4. The molecule has 1 unspecified atom stereocenters. The monoisotopic (exact) mass is 401 g/mol. The number of sulfonamides is 1. The highest BCUT2D eigenvalue weighted by Crippen LogP contribution is 2.27. The topological polar surface area (TPSA) is 87.3 Å². The summed E-state index contributed by atoms with van der Waals surface area (Å²) in [4.78, 5) is 12.1. The van der Waals surface area contributed by atoms with Crippen LogP contribution in [0, 0.1) is 6.92 Å². The molecule has 0 saturated carbocycles. The third kappa shape index (κ3) is 5.48. The molecule has 1 aliphatic heterocycles. The number of nitrogens with one attached hydrogen (secondary N) is 3. The van der Waals surface area contributed by atoms with Crippen LogP contribution in [0.1, 0.15) is 28.8 Å². The van der Waals surface area contributed by atoms with Gasteiger partial charge in [-0.25, -0.2) is 0 Å². The van der Waals surface area contributed by atoms with Crippen LogP contribution in [0.3, 0.4) is 0 Å². The van der Waals surface area contributed by atoms with Crippen molar-refractivity contribution in [3.8, 4) is 0 Å². The second-order valence-electron chi connectivity index (χ2n) is 5.58. The van der Waals surface area contributed by atoms with Gasteiger partial charge in [0, 0.05) is 18.2 Å². The molecule has 0 aliphatic carbocycles. The van der Waals surface area contributed by atoms with E-state index >= 15 is 0 Å². The van der Waals surface area contributed by atoms with Crippen molar-refractivity contribution in [1.82, 2.24) is 10.6 Å². The van der Waals surface area contributed by atoms with Crippen molar-refractivity contribution in [2.75, 3.05) is 17.8 Å². The molecular formula is C14H19ClF3N3O3S. The van der Waals surface area contributed by atoms with Crippen LogP contribution in [-0.2, 0) is 10.0 Å². The van der Waals surface area contributed by atoms with Gasteiger partial charge in [0.15, 0.2) is 0 Å². The summed E-state index contributed by atoms with van der Waals surface area (Å²) in [7, 11) is -5.49. The van der Waals surface area contributed by atoms with E-state index in [-0.39, 0.29) is 41.2 Å². The largest absolute Gasteiger partial charge is 0.516 e. The van der Waals surface area contributed by atoms with Gasteiger partial charge in [-0.2, -0.15) is 21.6 Å². The first-order chi connectivity index (χ1) is 11.1. The number of benzene rings is 1. The molecule has 1 aromatic carbocycles. The van der Waals surface area contributed by atoms with Crippen LogP contribution in [0.15, 0.2) is 18.2 Å². The van der Waals surface area contributed by atoms with Gasteiger partial charge in [-0.05, 0) is 50.1 Å². The van der Waals surface area contributed by atoms with Crippen LogP contribution in [0.5, 0.6) is 0 Å². The molecule has 1 heterocycles. The molecule has 0 bridgehead atoms. The minimum atomic E-state index is -5.49. The quantitative estimate of drug-likeness (QED) is 0.705. The summed E-state index contributed by atoms with van der Waals surface area (Å²) in [5, 5.41) is 5.97. The fourth-order valence-electron chi connectivity index (χ4n) is 2.37. The summed E-state index contributed by atoms with van der Waals surface area (Å²) in [6, 6.07) is 3.97. The number of carbonyl (C=O) groups excluding carboxylic acids is 1. The minimum Gasteiger partial charge on any atom is -0.350 e. The molecule has 0 spiro atoms. The molecule has 3 N–H and O–H groups in total. The zero-order valence-electron chi connectivity index (χ0n) is 13.3. The Morgan fingerprint density at radius 2 is 2.04 bits per heavy atom.